The number of para-hydroxylation sites is 1. The summed E-state index contributed by atoms with van der Waals surface area (Å²) in [4.78, 5) is 28.6. The number of hydrogen-bond acceptors (Lipinski definition) is 7. The van der Waals surface area contributed by atoms with Crippen molar-refractivity contribution in [2.75, 3.05) is 11.1 Å². The summed E-state index contributed by atoms with van der Waals surface area (Å²) in [5.74, 6) is 0.785. The average molecular weight is 546 g/mol. The van der Waals surface area contributed by atoms with Gasteiger partial charge in [0.2, 0.25) is 11.7 Å². The maximum absolute atomic E-state index is 14.0. The number of thioether (sulfide) groups is 1. The normalized spacial score (nSPS) is 15.3. The molecule has 1 aliphatic rings. The number of ether oxygens (including phenoxy) is 1. The van der Waals surface area contributed by atoms with Gasteiger partial charge in [-0.3, -0.25) is 9.59 Å². The van der Waals surface area contributed by atoms with E-state index in [0.29, 0.717) is 35.3 Å². The zero-order valence-corrected chi connectivity index (χ0v) is 22.9. The summed E-state index contributed by atoms with van der Waals surface area (Å²) in [5, 5.41) is 13.0. The Hall–Kier alpha value is -3.47. The molecule has 5 aromatic rings. The lowest BCUT2D eigenvalue weighted by Gasteiger charge is -2.26. The van der Waals surface area contributed by atoms with Gasteiger partial charge in [0, 0.05) is 17.0 Å². The maximum atomic E-state index is 14.0. The molecule has 1 atom stereocenters. The van der Waals surface area contributed by atoms with E-state index < -0.39 is 0 Å². The smallest absolute Gasteiger partial charge is 0.268 e. The molecule has 0 fully saturated rings. The summed E-state index contributed by atoms with van der Waals surface area (Å²) in [6.45, 7) is 6.76. The van der Waals surface area contributed by atoms with Gasteiger partial charge in [0.1, 0.15) is 4.83 Å². The van der Waals surface area contributed by atoms with Crippen LogP contribution in [0.2, 0.25) is 0 Å². The van der Waals surface area contributed by atoms with Crippen LogP contribution < -0.4 is 10.9 Å². The van der Waals surface area contributed by atoms with E-state index in [9.17, 15) is 9.59 Å². The maximum Gasteiger partial charge on any atom is 0.268 e. The molecule has 0 saturated heterocycles. The fraction of sp³-hybridized carbons (Fsp3) is 0.286. The van der Waals surface area contributed by atoms with E-state index in [0.717, 1.165) is 32.2 Å². The van der Waals surface area contributed by atoms with E-state index in [1.165, 1.54) is 11.8 Å². The van der Waals surface area contributed by atoms with Crippen LogP contribution in [0, 0.1) is 12.8 Å². The number of anilines is 1. The summed E-state index contributed by atoms with van der Waals surface area (Å²) >= 11 is 2.85. The van der Waals surface area contributed by atoms with Gasteiger partial charge in [-0.15, -0.1) is 21.5 Å². The van der Waals surface area contributed by atoms with Gasteiger partial charge in [-0.05, 0) is 42.7 Å². The van der Waals surface area contributed by atoms with Gasteiger partial charge in [-0.1, -0.05) is 61.5 Å². The van der Waals surface area contributed by atoms with Crippen LogP contribution in [-0.2, 0) is 22.6 Å². The first-order valence-corrected chi connectivity index (χ1v) is 14.3. The molecule has 0 unspecified atom stereocenters. The van der Waals surface area contributed by atoms with E-state index in [-0.39, 0.29) is 23.3 Å². The van der Waals surface area contributed by atoms with Crippen LogP contribution in [0.1, 0.15) is 29.9 Å². The molecule has 8 nitrogen and oxygen atoms in total. The average Bonchev–Trinajstić information content (AvgIpc) is 3.51. The lowest BCUT2D eigenvalue weighted by atomic mass is 9.96. The van der Waals surface area contributed by atoms with Crippen LogP contribution >= 0.6 is 23.1 Å². The third-order valence-electron chi connectivity index (χ3n) is 6.77. The molecule has 38 heavy (non-hydrogen) atoms. The van der Waals surface area contributed by atoms with Crippen molar-refractivity contribution in [3.63, 3.8) is 0 Å². The molecule has 1 amide bonds. The molecule has 4 heterocycles. The van der Waals surface area contributed by atoms with E-state index >= 15 is 0 Å². The van der Waals surface area contributed by atoms with Crippen LogP contribution in [0.3, 0.4) is 0 Å². The first-order chi connectivity index (χ1) is 18.4. The Kier molecular flexibility index (Phi) is 6.55. The molecule has 0 radical (unpaired) electrons. The third kappa shape index (κ3) is 4.42. The van der Waals surface area contributed by atoms with Crippen molar-refractivity contribution in [2.24, 2.45) is 5.92 Å². The van der Waals surface area contributed by atoms with Gasteiger partial charge in [0.05, 0.1) is 29.5 Å². The van der Waals surface area contributed by atoms with Crippen molar-refractivity contribution < 1.29 is 9.53 Å². The molecule has 194 valence electrons. The fourth-order valence-corrected chi connectivity index (χ4v) is 6.77. The highest BCUT2D eigenvalue weighted by Gasteiger charge is 2.30. The van der Waals surface area contributed by atoms with Crippen LogP contribution in [0.15, 0.2) is 64.5 Å². The number of benzene rings is 2. The highest BCUT2D eigenvalue weighted by atomic mass is 32.2. The predicted octanol–water partition coefficient (Wildman–Crippen LogP) is 5.23. The second-order valence-electron chi connectivity index (χ2n) is 9.78. The molecule has 1 N–H and O–H groups in total. The molecular formula is C28H27N5O3S2. The highest BCUT2D eigenvalue weighted by molar-refractivity contribution is 7.99. The number of nitrogens with zero attached hydrogens (tertiary/aromatic N) is 4. The zero-order chi connectivity index (χ0) is 26.4. The summed E-state index contributed by atoms with van der Waals surface area (Å²) < 4.78 is 9.66. The number of amides is 1. The topological polar surface area (TPSA) is 90.5 Å². The number of aryl methyl sites for hydroxylation is 1. The summed E-state index contributed by atoms with van der Waals surface area (Å²) in [5.41, 5.74) is 3.54. The molecule has 6 rings (SSSR count). The molecule has 0 spiro atoms. The van der Waals surface area contributed by atoms with E-state index in [2.05, 4.69) is 29.4 Å². The Labute approximate surface area is 227 Å². The minimum Gasteiger partial charge on any atom is -0.372 e. The number of aromatic nitrogens is 4. The first kappa shape index (κ1) is 24.8. The van der Waals surface area contributed by atoms with Gasteiger partial charge in [-0.25, -0.2) is 8.97 Å². The predicted molar refractivity (Wildman–Crippen MR) is 152 cm³/mol. The molecule has 1 aliphatic heterocycles. The SMILES string of the molecule is Cc1ccc(NC(=O)CSc2nnc3n(-c4ccccc4)c(=O)c4c5c(sc4n23)CO[C@@H](C(C)C)C5)cc1. The summed E-state index contributed by atoms with van der Waals surface area (Å²) in [6, 6.07) is 17.2. The minimum absolute atomic E-state index is 0.0563. The Morgan fingerprint density at radius 2 is 1.92 bits per heavy atom. The van der Waals surface area contributed by atoms with Crippen LogP contribution in [-0.4, -0.2) is 36.9 Å². The monoisotopic (exact) mass is 545 g/mol. The summed E-state index contributed by atoms with van der Waals surface area (Å²) in [6.07, 6.45) is 0.743. The third-order valence-corrected chi connectivity index (χ3v) is 8.89. The van der Waals surface area contributed by atoms with Gasteiger partial charge in [0.15, 0.2) is 5.16 Å². The Bertz CT molecular complexity index is 1700. The number of rotatable bonds is 6. The van der Waals surface area contributed by atoms with Gasteiger partial charge in [0.25, 0.3) is 5.56 Å². The number of carbonyl (C=O) groups is 1. The molecule has 0 aliphatic carbocycles. The molecule has 0 bridgehead atoms. The van der Waals surface area contributed by atoms with Crippen molar-refractivity contribution in [1.29, 1.82) is 0 Å². The van der Waals surface area contributed by atoms with Crippen LogP contribution in [0.5, 0.6) is 0 Å². The largest absolute Gasteiger partial charge is 0.372 e. The van der Waals surface area contributed by atoms with Crippen LogP contribution in [0.4, 0.5) is 5.69 Å². The lowest BCUT2D eigenvalue weighted by Crippen LogP contribution is -2.28. The molecule has 0 saturated carbocycles. The molecule has 10 heteroatoms. The van der Waals surface area contributed by atoms with E-state index in [4.69, 9.17) is 4.74 Å². The Morgan fingerprint density at radius 3 is 2.66 bits per heavy atom. The molecular weight excluding hydrogens is 518 g/mol. The fourth-order valence-electron chi connectivity index (χ4n) is 4.73. The second-order valence-corrected chi connectivity index (χ2v) is 11.8. The van der Waals surface area contributed by atoms with Crippen molar-refractivity contribution in [3.8, 4) is 5.69 Å². The van der Waals surface area contributed by atoms with Gasteiger partial charge >= 0.3 is 0 Å². The van der Waals surface area contributed by atoms with Crippen molar-refractivity contribution in [3.05, 3.63) is 81.0 Å². The first-order valence-electron chi connectivity index (χ1n) is 12.5. The number of thiophene rings is 1. The van der Waals surface area contributed by atoms with Crippen molar-refractivity contribution >= 4 is 50.7 Å². The number of fused-ring (bicyclic) bond motifs is 5. The molecule has 3 aromatic heterocycles. The Morgan fingerprint density at radius 1 is 1.16 bits per heavy atom. The standard InChI is InChI=1S/C28H27N5O3S2/c1-16(2)21-13-20-22(14-36-21)38-26-24(20)25(35)32(19-7-5-4-6-8-19)27-30-31-28(33(26)27)37-15-23(34)29-18-11-9-17(3)10-12-18/h4-12,16,21H,13-15H2,1-3H3,(H,29,34)/t21-/m1/s1. The number of nitrogens with one attached hydrogen (secondary N) is 1. The highest BCUT2D eigenvalue weighted by Crippen LogP contribution is 2.37. The quantitative estimate of drug-likeness (QED) is 0.294. The van der Waals surface area contributed by atoms with E-state index in [1.807, 2.05) is 65.9 Å². The molecule has 2 aromatic carbocycles. The van der Waals surface area contributed by atoms with Crippen LogP contribution in [0.25, 0.3) is 21.7 Å². The van der Waals surface area contributed by atoms with Crippen molar-refractivity contribution in [2.45, 2.75) is 45.1 Å². The van der Waals surface area contributed by atoms with Gasteiger partial charge < -0.3 is 10.1 Å². The lowest BCUT2D eigenvalue weighted by molar-refractivity contribution is -0.113. The second kappa shape index (κ2) is 10.0. The number of hydrogen-bond donors (Lipinski definition) is 1. The summed E-state index contributed by atoms with van der Waals surface area (Å²) in [7, 11) is 0. The number of carbonyl (C=O) groups excluding carboxylic acids is 1. The van der Waals surface area contributed by atoms with Crippen molar-refractivity contribution in [1.82, 2.24) is 19.2 Å². The zero-order valence-electron chi connectivity index (χ0n) is 21.3. The Balaban J connectivity index is 1.45. The van der Waals surface area contributed by atoms with Gasteiger partial charge in [-0.2, -0.15) is 0 Å². The van der Waals surface area contributed by atoms with E-state index in [1.54, 1.807) is 15.9 Å². The minimum atomic E-state index is -0.137.